The summed E-state index contributed by atoms with van der Waals surface area (Å²) in [4.78, 5) is 10.6. The second-order valence-corrected chi connectivity index (χ2v) is 3.73. The van der Waals surface area contributed by atoms with Gasteiger partial charge in [0.1, 0.15) is 6.04 Å². The molecule has 1 aliphatic carbocycles. The van der Waals surface area contributed by atoms with Crippen molar-refractivity contribution in [2.75, 3.05) is 0 Å². The molecule has 1 heterocycles. The lowest BCUT2D eigenvalue weighted by molar-refractivity contribution is -0.139. The van der Waals surface area contributed by atoms with Gasteiger partial charge in [-0.15, -0.1) is 0 Å². The van der Waals surface area contributed by atoms with Crippen molar-refractivity contribution in [3.8, 4) is 0 Å². The van der Waals surface area contributed by atoms with Crippen LogP contribution in [0, 0.1) is 5.41 Å². The first kappa shape index (κ1) is 7.10. The van der Waals surface area contributed by atoms with Crippen LogP contribution in [0.5, 0.6) is 0 Å². The number of fused-ring (bicyclic) bond motifs is 1. The molecule has 1 unspecified atom stereocenters. The first-order valence-corrected chi connectivity index (χ1v) is 4.17. The lowest BCUT2D eigenvalue weighted by Gasteiger charge is -2.09. The molecule has 3 nitrogen and oxygen atoms in total. The van der Waals surface area contributed by atoms with Crippen molar-refractivity contribution in [3.05, 3.63) is 0 Å². The standard InChI is InChI=1S/C8H13NO2/c1-2-8-3-5(7(10)11)9-6(8)4-8/h5-6,9H,2-4H2,1H3,(H,10,11)/t5-,6?,8+/m0/s1. The predicted octanol–water partition coefficient (Wildman–Crippen LogP) is 0.602. The number of rotatable bonds is 2. The quantitative estimate of drug-likeness (QED) is 0.614. The van der Waals surface area contributed by atoms with E-state index in [9.17, 15) is 4.79 Å². The molecule has 2 aliphatic rings. The van der Waals surface area contributed by atoms with Crippen LogP contribution in [-0.4, -0.2) is 23.2 Å². The monoisotopic (exact) mass is 155 g/mol. The Kier molecular flexibility index (Phi) is 1.27. The summed E-state index contributed by atoms with van der Waals surface area (Å²) in [7, 11) is 0. The zero-order valence-electron chi connectivity index (χ0n) is 6.63. The van der Waals surface area contributed by atoms with Crippen molar-refractivity contribution in [2.45, 2.75) is 38.3 Å². The Labute approximate surface area is 65.8 Å². The molecule has 62 valence electrons. The second kappa shape index (κ2) is 1.97. The molecule has 0 aromatic heterocycles. The molecule has 1 aliphatic heterocycles. The van der Waals surface area contributed by atoms with Gasteiger partial charge < -0.3 is 10.4 Å². The van der Waals surface area contributed by atoms with Crippen molar-refractivity contribution in [3.63, 3.8) is 0 Å². The van der Waals surface area contributed by atoms with E-state index in [1.807, 2.05) is 0 Å². The third-order valence-electron chi connectivity index (χ3n) is 3.20. The van der Waals surface area contributed by atoms with Gasteiger partial charge in [-0.1, -0.05) is 6.92 Å². The minimum Gasteiger partial charge on any atom is -0.480 e. The van der Waals surface area contributed by atoms with Gasteiger partial charge in [-0.3, -0.25) is 4.79 Å². The summed E-state index contributed by atoms with van der Waals surface area (Å²) in [6, 6.07) is 0.238. The van der Waals surface area contributed by atoms with E-state index in [2.05, 4.69) is 12.2 Å². The Hall–Kier alpha value is -0.570. The van der Waals surface area contributed by atoms with Gasteiger partial charge in [-0.05, 0) is 24.7 Å². The summed E-state index contributed by atoms with van der Waals surface area (Å²) in [6.45, 7) is 2.14. The summed E-state index contributed by atoms with van der Waals surface area (Å²) >= 11 is 0. The van der Waals surface area contributed by atoms with Gasteiger partial charge in [0.15, 0.2) is 0 Å². The van der Waals surface area contributed by atoms with Crippen LogP contribution in [0.1, 0.15) is 26.2 Å². The van der Waals surface area contributed by atoms with E-state index < -0.39 is 5.97 Å². The minimum absolute atomic E-state index is 0.270. The molecule has 1 saturated carbocycles. The van der Waals surface area contributed by atoms with Crippen LogP contribution < -0.4 is 5.32 Å². The summed E-state index contributed by atoms with van der Waals surface area (Å²) in [6.07, 6.45) is 3.14. The van der Waals surface area contributed by atoms with E-state index in [0.29, 0.717) is 11.5 Å². The summed E-state index contributed by atoms with van der Waals surface area (Å²) in [5.41, 5.74) is 0.364. The topological polar surface area (TPSA) is 49.3 Å². The summed E-state index contributed by atoms with van der Waals surface area (Å²) in [5, 5.41) is 11.8. The average molecular weight is 155 g/mol. The molecule has 0 radical (unpaired) electrons. The number of aliphatic carboxylic acids is 1. The van der Waals surface area contributed by atoms with Crippen LogP contribution >= 0.6 is 0 Å². The van der Waals surface area contributed by atoms with E-state index in [4.69, 9.17) is 5.11 Å². The highest BCUT2D eigenvalue weighted by Crippen LogP contribution is 2.56. The molecule has 2 rings (SSSR count). The molecular weight excluding hydrogens is 142 g/mol. The average Bonchev–Trinajstić information content (AvgIpc) is 2.55. The maximum Gasteiger partial charge on any atom is 0.320 e. The molecular formula is C8H13NO2. The smallest absolute Gasteiger partial charge is 0.320 e. The fraction of sp³-hybridized carbons (Fsp3) is 0.875. The fourth-order valence-corrected chi connectivity index (χ4v) is 2.21. The van der Waals surface area contributed by atoms with Crippen molar-refractivity contribution >= 4 is 5.97 Å². The van der Waals surface area contributed by atoms with Gasteiger partial charge in [0.25, 0.3) is 0 Å². The van der Waals surface area contributed by atoms with Crippen molar-refractivity contribution in [1.29, 1.82) is 0 Å². The number of hydrogen-bond donors (Lipinski definition) is 2. The lowest BCUT2D eigenvalue weighted by atomic mass is 9.97. The van der Waals surface area contributed by atoms with Crippen molar-refractivity contribution < 1.29 is 9.90 Å². The molecule has 0 amide bonds. The van der Waals surface area contributed by atoms with Crippen LogP contribution in [0.4, 0.5) is 0 Å². The molecule has 0 aromatic carbocycles. The number of carbonyl (C=O) groups is 1. The zero-order valence-corrected chi connectivity index (χ0v) is 6.63. The largest absolute Gasteiger partial charge is 0.480 e. The maximum absolute atomic E-state index is 10.6. The van der Waals surface area contributed by atoms with Crippen LogP contribution in [-0.2, 0) is 4.79 Å². The van der Waals surface area contributed by atoms with Gasteiger partial charge in [0.05, 0.1) is 0 Å². The van der Waals surface area contributed by atoms with E-state index in [0.717, 1.165) is 12.8 Å². The number of hydrogen-bond acceptors (Lipinski definition) is 2. The molecule has 2 N–H and O–H groups in total. The maximum atomic E-state index is 10.6. The van der Waals surface area contributed by atoms with E-state index in [-0.39, 0.29) is 6.04 Å². The Morgan fingerprint density at radius 2 is 2.45 bits per heavy atom. The molecule has 3 heteroatoms. The van der Waals surface area contributed by atoms with Crippen LogP contribution in [0.15, 0.2) is 0 Å². The highest BCUT2D eigenvalue weighted by Gasteiger charge is 2.60. The Morgan fingerprint density at radius 1 is 1.73 bits per heavy atom. The first-order chi connectivity index (χ1) is 5.18. The predicted molar refractivity (Wildman–Crippen MR) is 40.3 cm³/mol. The van der Waals surface area contributed by atoms with Crippen LogP contribution in [0.3, 0.4) is 0 Å². The Bertz CT molecular complexity index is 200. The van der Waals surface area contributed by atoms with E-state index in [1.165, 1.54) is 6.42 Å². The Morgan fingerprint density at radius 3 is 2.82 bits per heavy atom. The van der Waals surface area contributed by atoms with Gasteiger partial charge >= 0.3 is 5.97 Å². The number of nitrogens with one attached hydrogen (secondary N) is 1. The van der Waals surface area contributed by atoms with Crippen LogP contribution in [0.25, 0.3) is 0 Å². The fourth-order valence-electron chi connectivity index (χ4n) is 2.21. The SMILES string of the molecule is CC[C@@]12CC1N[C@H](C(=O)O)C2. The molecule has 0 bridgehead atoms. The molecule has 2 fully saturated rings. The lowest BCUT2D eigenvalue weighted by Crippen LogP contribution is -2.33. The van der Waals surface area contributed by atoms with Crippen molar-refractivity contribution in [1.82, 2.24) is 5.32 Å². The number of carboxylic acids is 1. The first-order valence-electron chi connectivity index (χ1n) is 4.17. The van der Waals surface area contributed by atoms with Gasteiger partial charge in [-0.2, -0.15) is 0 Å². The van der Waals surface area contributed by atoms with Crippen LogP contribution in [0.2, 0.25) is 0 Å². The molecule has 1 saturated heterocycles. The molecule has 3 atom stereocenters. The third kappa shape index (κ3) is 0.872. The van der Waals surface area contributed by atoms with E-state index in [1.54, 1.807) is 0 Å². The number of piperidine rings is 1. The van der Waals surface area contributed by atoms with Crippen molar-refractivity contribution in [2.24, 2.45) is 5.41 Å². The van der Waals surface area contributed by atoms with Gasteiger partial charge in [0, 0.05) is 6.04 Å². The van der Waals surface area contributed by atoms with Gasteiger partial charge in [-0.25, -0.2) is 0 Å². The number of carboxylic acid groups (broad SMARTS) is 1. The van der Waals surface area contributed by atoms with Gasteiger partial charge in [0.2, 0.25) is 0 Å². The second-order valence-electron chi connectivity index (χ2n) is 3.73. The summed E-state index contributed by atoms with van der Waals surface area (Å²) in [5.74, 6) is -0.690. The zero-order chi connectivity index (χ0) is 8.06. The van der Waals surface area contributed by atoms with E-state index >= 15 is 0 Å². The normalized spacial score (nSPS) is 47.0. The molecule has 11 heavy (non-hydrogen) atoms. The minimum atomic E-state index is -0.690. The molecule has 0 spiro atoms. The third-order valence-corrected chi connectivity index (χ3v) is 3.20. The summed E-state index contributed by atoms with van der Waals surface area (Å²) < 4.78 is 0. The highest BCUT2D eigenvalue weighted by atomic mass is 16.4. The molecule has 0 aromatic rings. The highest BCUT2D eigenvalue weighted by molar-refractivity contribution is 5.74. The Balaban J connectivity index is 2.02.